The summed E-state index contributed by atoms with van der Waals surface area (Å²) in [5.41, 5.74) is 1.27. The standard InChI is InChI=1S/C25H31F3N4O2/c1-16-22(24(34)31-12-9-19(14-21(31)15-33)30-10-2-3-11-30)23(17-7-8-17)32(29-16)20-6-4-5-18(13-20)25(26,27)28/h4-6,13,17,19,21,33H,2-3,7-12,14-15H2,1H3. The zero-order chi connectivity index (χ0) is 24.0. The minimum atomic E-state index is -4.45. The van der Waals surface area contributed by atoms with Gasteiger partial charge in [-0.2, -0.15) is 18.3 Å². The number of amides is 1. The smallest absolute Gasteiger partial charge is 0.394 e. The summed E-state index contributed by atoms with van der Waals surface area (Å²) in [5.74, 6) is -0.0686. The predicted octanol–water partition coefficient (Wildman–Crippen LogP) is 4.14. The number of alkyl halides is 3. The first kappa shape index (κ1) is 23.4. The third kappa shape index (κ3) is 4.35. The molecule has 2 saturated heterocycles. The Kier molecular flexibility index (Phi) is 6.18. The van der Waals surface area contributed by atoms with Gasteiger partial charge >= 0.3 is 6.18 Å². The molecule has 3 heterocycles. The molecule has 5 rings (SSSR count). The highest BCUT2D eigenvalue weighted by atomic mass is 19.4. The molecule has 1 amide bonds. The summed E-state index contributed by atoms with van der Waals surface area (Å²) in [7, 11) is 0. The number of likely N-dealkylation sites (tertiary alicyclic amines) is 2. The second-order valence-electron chi connectivity index (χ2n) is 9.84. The van der Waals surface area contributed by atoms with Crippen LogP contribution in [0.5, 0.6) is 0 Å². The number of carbonyl (C=O) groups is 1. The van der Waals surface area contributed by atoms with Crippen molar-refractivity contribution in [1.82, 2.24) is 19.6 Å². The summed E-state index contributed by atoms with van der Waals surface area (Å²) in [5, 5.41) is 14.7. The summed E-state index contributed by atoms with van der Waals surface area (Å²) in [6.45, 7) is 4.35. The summed E-state index contributed by atoms with van der Waals surface area (Å²) in [4.78, 5) is 18.0. The number of rotatable bonds is 5. The molecule has 2 aliphatic heterocycles. The number of aryl methyl sites for hydroxylation is 1. The molecule has 1 aromatic carbocycles. The molecule has 9 heteroatoms. The van der Waals surface area contributed by atoms with Crippen LogP contribution < -0.4 is 0 Å². The predicted molar refractivity (Wildman–Crippen MR) is 121 cm³/mol. The van der Waals surface area contributed by atoms with Crippen molar-refractivity contribution in [1.29, 1.82) is 0 Å². The van der Waals surface area contributed by atoms with Gasteiger partial charge in [0.05, 0.1) is 40.9 Å². The van der Waals surface area contributed by atoms with Crippen molar-refractivity contribution < 1.29 is 23.1 Å². The molecule has 2 aromatic rings. The molecule has 2 unspecified atom stereocenters. The molecule has 6 nitrogen and oxygen atoms in total. The molecular formula is C25H31F3N4O2. The SMILES string of the molecule is Cc1nn(-c2cccc(C(F)(F)F)c2)c(C2CC2)c1C(=O)N1CCC(N2CCCC2)CC1CO. The van der Waals surface area contributed by atoms with Gasteiger partial charge in [-0.15, -0.1) is 0 Å². The van der Waals surface area contributed by atoms with Crippen LogP contribution in [-0.2, 0) is 6.18 Å². The Balaban J connectivity index is 1.46. The fraction of sp³-hybridized carbons (Fsp3) is 0.600. The Labute approximate surface area is 197 Å². The van der Waals surface area contributed by atoms with Gasteiger partial charge in [0.25, 0.3) is 5.91 Å². The van der Waals surface area contributed by atoms with Crippen LogP contribution in [0.4, 0.5) is 13.2 Å². The number of nitrogens with zero attached hydrogens (tertiary/aromatic N) is 4. The van der Waals surface area contributed by atoms with Gasteiger partial charge < -0.3 is 14.9 Å². The van der Waals surface area contributed by atoms with Crippen molar-refractivity contribution in [3.05, 3.63) is 46.8 Å². The third-order valence-electron chi connectivity index (χ3n) is 7.51. The van der Waals surface area contributed by atoms with Crippen LogP contribution in [0, 0.1) is 6.92 Å². The Morgan fingerprint density at radius 1 is 1.15 bits per heavy atom. The van der Waals surface area contributed by atoms with Crippen LogP contribution in [0.1, 0.15) is 71.8 Å². The first-order chi connectivity index (χ1) is 16.3. The number of benzene rings is 1. The van der Waals surface area contributed by atoms with Gasteiger partial charge in [-0.25, -0.2) is 4.68 Å². The lowest BCUT2D eigenvalue weighted by atomic mass is 9.95. The van der Waals surface area contributed by atoms with Gasteiger partial charge in [-0.1, -0.05) is 6.07 Å². The second-order valence-corrected chi connectivity index (χ2v) is 9.84. The van der Waals surface area contributed by atoms with E-state index in [9.17, 15) is 23.1 Å². The Morgan fingerprint density at radius 2 is 1.88 bits per heavy atom. The maximum atomic E-state index is 13.8. The van der Waals surface area contributed by atoms with E-state index in [1.807, 2.05) is 0 Å². The number of aliphatic hydroxyl groups excluding tert-OH is 1. The van der Waals surface area contributed by atoms with Gasteiger partial charge in [0.1, 0.15) is 0 Å². The molecule has 1 aromatic heterocycles. The van der Waals surface area contributed by atoms with Crippen molar-refractivity contribution in [3.63, 3.8) is 0 Å². The van der Waals surface area contributed by atoms with Crippen LogP contribution in [-0.4, -0.2) is 68.9 Å². The molecule has 34 heavy (non-hydrogen) atoms. The fourth-order valence-corrected chi connectivity index (χ4v) is 5.61. The second kappa shape index (κ2) is 9.00. The third-order valence-corrected chi connectivity index (χ3v) is 7.51. The molecule has 184 valence electrons. The zero-order valence-electron chi connectivity index (χ0n) is 19.4. The highest BCUT2D eigenvalue weighted by Gasteiger charge is 2.40. The van der Waals surface area contributed by atoms with Gasteiger partial charge in [0, 0.05) is 18.5 Å². The normalized spacial score (nSPS) is 24.1. The van der Waals surface area contributed by atoms with Gasteiger partial charge in [0.15, 0.2) is 0 Å². The Hall–Kier alpha value is -2.39. The number of hydrogen-bond donors (Lipinski definition) is 1. The van der Waals surface area contributed by atoms with E-state index in [1.54, 1.807) is 17.9 Å². The number of aromatic nitrogens is 2. The maximum absolute atomic E-state index is 13.8. The van der Waals surface area contributed by atoms with Gasteiger partial charge in [-0.05, 0) is 76.7 Å². The zero-order valence-corrected chi connectivity index (χ0v) is 19.4. The summed E-state index contributed by atoms with van der Waals surface area (Å²) in [6.07, 6.45) is 1.30. The molecule has 0 spiro atoms. The molecule has 2 atom stereocenters. The topological polar surface area (TPSA) is 61.6 Å². The molecule has 3 aliphatic rings. The molecule has 1 saturated carbocycles. The molecular weight excluding hydrogens is 445 g/mol. The van der Waals surface area contributed by atoms with E-state index in [1.165, 1.54) is 23.6 Å². The van der Waals surface area contributed by atoms with Crippen molar-refractivity contribution in [2.75, 3.05) is 26.2 Å². The lowest BCUT2D eigenvalue weighted by Crippen LogP contribution is -2.53. The minimum absolute atomic E-state index is 0.101. The summed E-state index contributed by atoms with van der Waals surface area (Å²) >= 11 is 0. The highest BCUT2D eigenvalue weighted by Crippen LogP contribution is 2.44. The van der Waals surface area contributed by atoms with Crippen LogP contribution in [0.2, 0.25) is 0 Å². The Bertz CT molecular complexity index is 1060. The van der Waals surface area contributed by atoms with Gasteiger partial charge in [0.2, 0.25) is 0 Å². The number of carbonyl (C=O) groups excluding carboxylic acids is 1. The van der Waals surface area contributed by atoms with Crippen molar-refractivity contribution in [3.8, 4) is 5.69 Å². The molecule has 0 bridgehead atoms. The molecule has 1 aliphatic carbocycles. The lowest BCUT2D eigenvalue weighted by Gasteiger charge is -2.42. The van der Waals surface area contributed by atoms with E-state index in [-0.39, 0.29) is 24.5 Å². The first-order valence-electron chi connectivity index (χ1n) is 12.2. The molecule has 0 radical (unpaired) electrons. The summed E-state index contributed by atoms with van der Waals surface area (Å²) in [6, 6.07) is 5.21. The van der Waals surface area contributed by atoms with Crippen molar-refractivity contribution in [2.45, 2.75) is 69.6 Å². The number of piperidine rings is 1. The highest BCUT2D eigenvalue weighted by molar-refractivity contribution is 5.97. The largest absolute Gasteiger partial charge is 0.416 e. The maximum Gasteiger partial charge on any atom is 0.416 e. The van der Waals surface area contributed by atoms with E-state index in [2.05, 4.69) is 10.00 Å². The first-order valence-corrected chi connectivity index (χ1v) is 12.2. The van der Waals surface area contributed by atoms with Crippen LogP contribution in [0.15, 0.2) is 24.3 Å². The number of hydrogen-bond acceptors (Lipinski definition) is 4. The van der Waals surface area contributed by atoms with E-state index in [0.29, 0.717) is 35.2 Å². The fourth-order valence-electron chi connectivity index (χ4n) is 5.61. The van der Waals surface area contributed by atoms with E-state index >= 15 is 0 Å². The quantitative estimate of drug-likeness (QED) is 0.705. The number of aliphatic hydroxyl groups is 1. The van der Waals surface area contributed by atoms with Crippen LogP contribution >= 0.6 is 0 Å². The Morgan fingerprint density at radius 3 is 2.53 bits per heavy atom. The average Bonchev–Trinajstić information content (AvgIpc) is 3.39. The van der Waals surface area contributed by atoms with E-state index in [0.717, 1.165) is 50.9 Å². The monoisotopic (exact) mass is 476 g/mol. The van der Waals surface area contributed by atoms with Crippen LogP contribution in [0.25, 0.3) is 5.69 Å². The van der Waals surface area contributed by atoms with Crippen molar-refractivity contribution >= 4 is 5.91 Å². The van der Waals surface area contributed by atoms with E-state index < -0.39 is 11.7 Å². The van der Waals surface area contributed by atoms with E-state index in [4.69, 9.17) is 0 Å². The molecule has 3 fully saturated rings. The van der Waals surface area contributed by atoms with Crippen LogP contribution in [0.3, 0.4) is 0 Å². The lowest BCUT2D eigenvalue weighted by molar-refractivity contribution is -0.137. The minimum Gasteiger partial charge on any atom is -0.394 e. The average molecular weight is 477 g/mol. The van der Waals surface area contributed by atoms with Crippen molar-refractivity contribution in [2.24, 2.45) is 0 Å². The van der Waals surface area contributed by atoms with Gasteiger partial charge in [-0.3, -0.25) is 4.79 Å². The summed E-state index contributed by atoms with van der Waals surface area (Å²) < 4.78 is 41.5. The number of halogens is 3. The molecule has 1 N–H and O–H groups in total.